The molecular formula is C11H14O3. The van der Waals surface area contributed by atoms with Crippen LogP contribution in [-0.4, -0.2) is 17.5 Å². The minimum atomic E-state index is -1.22. The van der Waals surface area contributed by atoms with E-state index in [4.69, 9.17) is 9.47 Å². The summed E-state index contributed by atoms with van der Waals surface area (Å²) in [5.41, 5.74) is 2.01. The predicted octanol–water partition coefficient (Wildman–Crippen LogP) is 1.78. The minimum Gasteiger partial charge on any atom is -0.483 e. The first kappa shape index (κ1) is 9.34. The SMILES string of the molecule is Cc1ccc(C)c2c1OC[C@](C)(O)O2. The summed E-state index contributed by atoms with van der Waals surface area (Å²) >= 11 is 0. The van der Waals surface area contributed by atoms with Crippen LogP contribution in [0.3, 0.4) is 0 Å². The number of benzene rings is 1. The van der Waals surface area contributed by atoms with E-state index in [1.807, 2.05) is 26.0 Å². The number of ether oxygens (including phenoxy) is 2. The Morgan fingerprint density at radius 2 is 1.79 bits per heavy atom. The highest BCUT2D eigenvalue weighted by molar-refractivity contribution is 5.52. The van der Waals surface area contributed by atoms with Crippen molar-refractivity contribution in [1.82, 2.24) is 0 Å². The molecule has 0 saturated heterocycles. The molecule has 3 heteroatoms. The molecule has 1 aromatic carbocycles. The minimum absolute atomic E-state index is 0.171. The molecule has 1 N–H and O–H groups in total. The van der Waals surface area contributed by atoms with Crippen molar-refractivity contribution >= 4 is 0 Å². The van der Waals surface area contributed by atoms with Gasteiger partial charge in [0.25, 0.3) is 0 Å². The summed E-state index contributed by atoms with van der Waals surface area (Å²) in [6, 6.07) is 3.94. The second-order valence-corrected chi connectivity index (χ2v) is 3.92. The molecule has 0 radical (unpaired) electrons. The van der Waals surface area contributed by atoms with Crippen molar-refractivity contribution in [1.29, 1.82) is 0 Å². The van der Waals surface area contributed by atoms with E-state index in [0.29, 0.717) is 5.75 Å². The molecule has 0 bridgehead atoms. The summed E-state index contributed by atoms with van der Waals surface area (Å²) in [5, 5.41) is 9.69. The molecule has 1 atom stereocenters. The van der Waals surface area contributed by atoms with Crippen LogP contribution in [0.15, 0.2) is 12.1 Å². The van der Waals surface area contributed by atoms with Crippen LogP contribution < -0.4 is 9.47 Å². The van der Waals surface area contributed by atoms with E-state index >= 15 is 0 Å². The summed E-state index contributed by atoms with van der Waals surface area (Å²) < 4.78 is 10.9. The van der Waals surface area contributed by atoms with Gasteiger partial charge in [0.1, 0.15) is 0 Å². The highest BCUT2D eigenvalue weighted by Gasteiger charge is 2.31. The lowest BCUT2D eigenvalue weighted by atomic mass is 10.1. The van der Waals surface area contributed by atoms with E-state index in [1.165, 1.54) is 0 Å². The molecule has 1 heterocycles. The van der Waals surface area contributed by atoms with Crippen LogP contribution in [0.1, 0.15) is 18.1 Å². The lowest BCUT2D eigenvalue weighted by molar-refractivity contribution is -0.160. The lowest BCUT2D eigenvalue weighted by Crippen LogP contribution is -2.42. The van der Waals surface area contributed by atoms with Crippen molar-refractivity contribution in [3.05, 3.63) is 23.3 Å². The van der Waals surface area contributed by atoms with Crippen molar-refractivity contribution in [3.8, 4) is 11.5 Å². The van der Waals surface area contributed by atoms with Gasteiger partial charge in [-0.15, -0.1) is 0 Å². The monoisotopic (exact) mass is 194 g/mol. The van der Waals surface area contributed by atoms with E-state index in [-0.39, 0.29) is 6.61 Å². The van der Waals surface area contributed by atoms with Gasteiger partial charge >= 0.3 is 0 Å². The van der Waals surface area contributed by atoms with Crippen molar-refractivity contribution in [2.24, 2.45) is 0 Å². The van der Waals surface area contributed by atoms with Crippen LogP contribution in [0.5, 0.6) is 11.5 Å². The first-order chi connectivity index (χ1) is 6.49. The van der Waals surface area contributed by atoms with E-state index < -0.39 is 5.79 Å². The Kier molecular flexibility index (Phi) is 1.93. The average molecular weight is 194 g/mol. The second kappa shape index (κ2) is 2.89. The van der Waals surface area contributed by atoms with Gasteiger partial charge in [-0.05, 0) is 25.0 Å². The summed E-state index contributed by atoms with van der Waals surface area (Å²) in [7, 11) is 0. The third kappa shape index (κ3) is 1.44. The molecule has 0 aliphatic carbocycles. The van der Waals surface area contributed by atoms with E-state index in [1.54, 1.807) is 6.92 Å². The smallest absolute Gasteiger partial charge is 0.239 e. The van der Waals surface area contributed by atoms with E-state index in [9.17, 15) is 5.11 Å². The standard InChI is InChI=1S/C11H14O3/c1-7-4-5-8(2)10-9(7)13-6-11(3,12)14-10/h4-5,12H,6H2,1-3H3/t11-/m1/s1. The van der Waals surface area contributed by atoms with Crippen LogP contribution >= 0.6 is 0 Å². The molecule has 3 nitrogen and oxygen atoms in total. The van der Waals surface area contributed by atoms with Crippen LogP contribution in [0.25, 0.3) is 0 Å². The number of aryl methyl sites for hydroxylation is 2. The molecule has 1 aromatic rings. The highest BCUT2D eigenvalue weighted by Crippen LogP contribution is 2.39. The molecule has 76 valence electrons. The van der Waals surface area contributed by atoms with Crippen LogP contribution in [0, 0.1) is 13.8 Å². The molecule has 0 spiro atoms. The third-order valence-corrected chi connectivity index (χ3v) is 2.31. The van der Waals surface area contributed by atoms with Crippen molar-refractivity contribution < 1.29 is 14.6 Å². The van der Waals surface area contributed by atoms with Crippen LogP contribution in [0.2, 0.25) is 0 Å². The van der Waals surface area contributed by atoms with Crippen molar-refractivity contribution in [2.75, 3.05) is 6.61 Å². The zero-order valence-corrected chi connectivity index (χ0v) is 8.63. The molecule has 14 heavy (non-hydrogen) atoms. The van der Waals surface area contributed by atoms with Crippen molar-refractivity contribution in [3.63, 3.8) is 0 Å². The number of aliphatic hydroxyl groups is 1. The molecule has 0 amide bonds. The Morgan fingerprint density at radius 1 is 1.21 bits per heavy atom. The Balaban J connectivity index is 2.51. The van der Waals surface area contributed by atoms with Crippen molar-refractivity contribution in [2.45, 2.75) is 26.6 Å². The Labute approximate surface area is 83.3 Å². The van der Waals surface area contributed by atoms with Gasteiger partial charge in [0.05, 0.1) is 0 Å². The van der Waals surface area contributed by atoms with Gasteiger partial charge in [-0.25, -0.2) is 0 Å². The lowest BCUT2D eigenvalue weighted by Gasteiger charge is -2.32. The molecule has 0 saturated carbocycles. The fourth-order valence-corrected chi connectivity index (χ4v) is 1.52. The number of hydrogen-bond donors (Lipinski definition) is 1. The zero-order chi connectivity index (χ0) is 10.3. The summed E-state index contributed by atoms with van der Waals surface area (Å²) in [6.07, 6.45) is 0. The summed E-state index contributed by atoms with van der Waals surface area (Å²) in [5.74, 6) is 0.184. The molecule has 1 aliphatic rings. The fraction of sp³-hybridized carbons (Fsp3) is 0.455. The highest BCUT2D eigenvalue weighted by atomic mass is 16.7. The van der Waals surface area contributed by atoms with Crippen LogP contribution in [0.4, 0.5) is 0 Å². The molecule has 2 rings (SSSR count). The molecule has 0 fully saturated rings. The maximum absolute atomic E-state index is 9.69. The Hall–Kier alpha value is -1.22. The molecule has 0 aromatic heterocycles. The van der Waals surface area contributed by atoms with Crippen LogP contribution in [-0.2, 0) is 0 Å². The maximum atomic E-state index is 9.69. The molecule has 1 aliphatic heterocycles. The average Bonchev–Trinajstić information content (AvgIpc) is 2.10. The van der Waals surface area contributed by atoms with Gasteiger partial charge in [-0.1, -0.05) is 12.1 Å². The van der Waals surface area contributed by atoms with Gasteiger partial charge < -0.3 is 14.6 Å². The largest absolute Gasteiger partial charge is 0.483 e. The fourth-order valence-electron chi connectivity index (χ4n) is 1.52. The maximum Gasteiger partial charge on any atom is 0.239 e. The van der Waals surface area contributed by atoms with Gasteiger partial charge in [-0.3, -0.25) is 0 Å². The normalized spacial score (nSPS) is 24.9. The zero-order valence-electron chi connectivity index (χ0n) is 8.63. The number of rotatable bonds is 0. The number of hydrogen-bond acceptors (Lipinski definition) is 3. The first-order valence-electron chi connectivity index (χ1n) is 4.64. The van der Waals surface area contributed by atoms with Gasteiger partial charge in [-0.2, -0.15) is 0 Å². The summed E-state index contributed by atoms with van der Waals surface area (Å²) in [4.78, 5) is 0. The molecular weight excluding hydrogens is 180 g/mol. The second-order valence-electron chi connectivity index (χ2n) is 3.92. The number of fused-ring (bicyclic) bond motifs is 1. The van der Waals surface area contributed by atoms with E-state index in [0.717, 1.165) is 16.9 Å². The quantitative estimate of drug-likeness (QED) is 0.684. The topological polar surface area (TPSA) is 38.7 Å². The molecule has 0 unspecified atom stereocenters. The Morgan fingerprint density at radius 3 is 2.43 bits per heavy atom. The Bertz CT molecular complexity index is 369. The van der Waals surface area contributed by atoms with Gasteiger partial charge in [0, 0.05) is 6.92 Å². The predicted molar refractivity (Wildman–Crippen MR) is 52.7 cm³/mol. The van der Waals surface area contributed by atoms with Gasteiger partial charge in [0.2, 0.25) is 5.79 Å². The third-order valence-electron chi connectivity index (χ3n) is 2.31. The van der Waals surface area contributed by atoms with Gasteiger partial charge in [0.15, 0.2) is 18.1 Å². The summed E-state index contributed by atoms with van der Waals surface area (Å²) in [6.45, 7) is 5.66. The first-order valence-corrected chi connectivity index (χ1v) is 4.64. The van der Waals surface area contributed by atoms with E-state index in [2.05, 4.69) is 0 Å².